The number of hydrogen-bond acceptors (Lipinski definition) is 2. The maximum Gasteiger partial charge on any atom is 0.506 e. The molecule has 2 rings (SSSR count). The van der Waals surface area contributed by atoms with Crippen LogP contribution >= 0.6 is 0 Å². The van der Waals surface area contributed by atoms with Gasteiger partial charge in [-0.3, -0.25) is 0 Å². The van der Waals surface area contributed by atoms with Crippen molar-refractivity contribution < 1.29 is 14.6 Å². The predicted octanol–water partition coefficient (Wildman–Crippen LogP) is 4.40. The third kappa shape index (κ3) is 4.53. The standard InChI is InChI=1S/C18H22O3/c1-2-10-18(11-4-3-5-12-18)13-15-6-8-16(9-7-15)14-21-17(19)20/h1,6-9H,3-5,10-14H2,(H,19,20). The largest absolute Gasteiger partial charge is 0.506 e. The summed E-state index contributed by atoms with van der Waals surface area (Å²) in [4.78, 5) is 10.4. The van der Waals surface area contributed by atoms with Gasteiger partial charge in [0.1, 0.15) is 6.61 Å². The van der Waals surface area contributed by atoms with Gasteiger partial charge in [0.2, 0.25) is 0 Å². The summed E-state index contributed by atoms with van der Waals surface area (Å²) in [5.41, 5.74) is 2.40. The third-order valence-electron chi connectivity index (χ3n) is 4.36. The van der Waals surface area contributed by atoms with Crippen LogP contribution in [0.15, 0.2) is 24.3 Å². The third-order valence-corrected chi connectivity index (χ3v) is 4.36. The number of benzene rings is 1. The van der Waals surface area contributed by atoms with E-state index in [0.29, 0.717) is 0 Å². The summed E-state index contributed by atoms with van der Waals surface area (Å²) in [5, 5.41) is 8.50. The molecule has 1 saturated carbocycles. The van der Waals surface area contributed by atoms with Gasteiger partial charge in [0.05, 0.1) is 0 Å². The van der Waals surface area contributed by atoms with Crippen LogP contribution in [0.5, 0.6) is 0 Å². The highest BCUT2D eigenvalue weighted by atomic mass is 16.7. The van der Waals surface area contributed by atoms with Crippen molar-refractivity contribution in [3.05, 3.63) is 35.4 Å². The highest BCUT2D eigenvalue weighted by Gasteiger charge is 2.31. The van der Waals surface area contributed by atoms with Crippen molar-refractivity contribution in [3.63, 3.8) is 0 Å². The minimum Gasteiger partial charge on any atom is -0.450 e. The van der Waals surface area contributed by atoms with Crippen LogP contribution < -0.4 is 0 Å². The molecule has 1 N–H and O–H groups in total. The Kier molecular flexibility index (Phi) is 5.27. The summed E-state index contributed by atoms with van der Waals surface area (Å²) in [6.07, 6.45) is 12.5. The summed E-state index contributed by atoms with van der Waals surface area (Å²) in [6.45, 7) is 0.102. The van der Waals surface area contributed by atoms with Gasteiger partial charge in [0.15, 0.2) is 0 Å². The van der Waals surface area contributed by atoms with Gasteiger partial charge in [0, 0.05) is 6.42 Å². The first kappa shape index (κ1) is 15.4. The van der Waals surface area contributed by atoms with E-state index in [9.17, 15) is 4.79 Å². The second-order valence-electron chi connectivity index (χ2n) is 5.99. The Morgan fingerprint density at radius 1 is 1.19 bits per heavy atom. The molecule has 1 aromatic rings. The SMILES string of the molecule is C#CCC1(Cc2ccc(COC(=O)O)cc2)CCCCC1. The van der Waals surface area contributed by atoms with Gasteiger partial charge in [-0.05, 0) is 35.8 Å². The van der Waals surface area contributed by atoms with E-state index in [2.05, 4.69) is 22.8 Å². The van der Waals surface area contributed by atoms with E-state index in [4.69, 9.17) is 11.5 Å². The molecule has 0 bridgehead atoms. The molecular weight excluding hydrogens is 264 g/mol. The molecule has 0 amide bonds. The summed E-state index contributed by atoms with van der Waals surface area (Å²) in [6, 6.07) is 8.00. The molecule has 0 saturated heterocycles. The Balaban J connectivity index is 2.00. The zero-order valence-corrected chi connectivity index (χ0v) is 12.3. The monoisotopic (exact) mass is 286 g/mol. The topological polar surface area (TPSA) is 46.5 Å². The molecule has 0 spiro atoms. The van der Waals surface area contributed by atoms with Crippen LogP contribution in [0.3, 0.4) is 0 Å². The average molecular weight is 286 g/mol. The molecule has 112 valence electrons. The van der Waals surface area contributed by atoms with Crippen LogP contribution in [0.25, 0.3) is 0 Å². The quantitative estimate of drug-likeness (QED) is 0.644. The lowest BCUT2D eigenvalue weighted by atomic mass is 9.68. The van der Waals surface area contributed by atoms with E-state index in [-0.39, 0.29) is 12.0 Å². The van der Waals surface area contributed by atoms with E-state index in [1.807, 2.05) is 12.1 Å². The van der Waals surface area contributed by atoms with Gasteiger partial charge in [-0.1, -0.05) is 43.5 Å². The molecule has 0 atom stereocenters. The maximum atomic E-state index is 10.4. The number of carbonyl (C=O) groups is 1. The lowest BCUT2D eigenvalue weighted by Gasteiger charge is -2.36. The van der Waals surface area contributed by atoms with Crippen LogP contribution in [-0.4, -0.2) is 11.3 Å². The highest BCUT2D eigenvalue weighted by molar-refractivity contribution is 5.56. The maximum absolute atomic E-state index is 10.4. The Labute approximate surface area is 126 Å². The van der Waals surface area contributed by atoms with Gasteiger partial charge in [-0.15, -0.1) is 12.3 Å². The van der Waals surface area contributed by atoms with Crippen LogP contribution in [0, 0.1) is 17.8 Å². The average Bonchev–Trinajstić information content (AvgIpc) is 2.47. The summed E-state index contributed by atoms with van der Waals surface area (Å²) in [5.74, 6) is 2.86. The molecule has 21 heavy (non-hydrogen) atoms. The number of hydrogen-bond donors (Lipinski definition) is 1. The van der Waals surface area contributed by atoms with Gasteiger partial charge in [0.25, 0.3) is 0 Å². The van der Waals surface area contributed by atoms with Crippen molar-refractivity contribution in [2.45, 2.75) is 51.6 Å². The van der Waals surface area contributed by atoms with Crippen molar-refractivity contribution in [1.82, 2.24) is 0 Å². The first-order valence-corrected chi connectivity index (χ1v) is 7.51. The lowest BCUT2D eigenvalue weighted by molar-refractivity contribution is 0.0854. The zero-order chi connectivity index (χ0) is 15.1. The van der Waals surface area contributed by atoms with Gasteiger partial charge < -0.3 is 9.84 Å². The number of carboxylic acid groups (broad SMARTS) is 1. The summed E-state index contributed by atoms with van der Waals surface area (Å²) in [7, 11) is 0. The molecule has 0 radical (unpaired) electrons. The lowest BCUT2D eigenvalue weighted by Crippen LogP contribution is -2.26. The van der Waals surface area contributed by atoms with Crippen LogP contribution in [0.1, 0.15) is 49.7 Å². The first-order valence-electron chi connectivity index (χ1n) is 7.51. The van der Waals surface area contributed by atoms with Gasteiger partial charge in [-0.2, -0.15) is 0 Å². The zero-order valence-electron chi connectivity index (χ0n) is 12.3. The van der Waals surface area contributed by atoms with E-state index >= 15 is 0 Å². The Hall–Kier alpha value is -1.95. The fraction of sp³-hybridized carbons (Fsp3) is 0.500. The summed E-state index contributed by atoms with van der Waals surface area (Å²) >= 11 is 0. The van der Waals surface area contributed by atoms with Crippen LogP contribution in [0.4, 0.5) is 4.79 Å². The Bertz CT molecular complexity index is 504. The molecule has 3 nitrogen and oxygen atoms in total. The normalized spacial score (nSPS) is 16.9. The Morgan fingerprint density at radius 3 is 2.38 bits per heavy atom. The molecule has 0 heterocycles. The fourth-order valence-electron chi connectivity index (χ4n) is 3.27. The molecule has 3 heteroatoms. The smallest absolute Gasteiger partial charge is 0.450 e. The second-order valence-corrected chi connectivity index (χ2v) is 5.99. The van der Waals surface area contributed by atoms with Gasteiger partial charge in [-0.25, -0.2) is 4.79 Å². The summed E-state index contributed by atoms with van der Waals surface area (Å²) < 4.78 is 4.57. The molecule has 1 aliphatic carbocycles. The van der Waals surface area contributed by atoms with E-state index in [1.165, 1.54) is 37.7 Å². The van der Waals surface area contributed by atoms with Gasteiger partial charge >= 0.3 is 6.16 Å². The van der Waals surface area contributed by atoms with E-state index < -0.39 is 6.16 Å². The van der Waals surface area contributed by atoms with Crippen molar-refractivity contribution in [3.8, 4) is 12.3 Å². The second kappa shape index (κ2) is 7.17. The van der Waals surface area contributed by atoms with Crippen LogP contribution in [-0.2, 0) is 17.8 Å². The number of rotatable bonds is 5. The van der Waals surface area contributed by atoms with Crippen molar-refractivity contribution in [1.29, 1.82) is 0 Å². The molecule has 1 aromatic carbocycles. The molecule has 0 unspecified atom stereocenters. The molecule has 1 fully saturated rings. The highest BCUT2D eigenvalue weighted by Crippen LogP contribution is 2.41. The minimum atomic E-state index is -1.24. The fourth-order valence-corrected chi connectivity index (χ4v) is 3.27. The minimum absolute atomic E-state index is 0.102. The molecule has 1 aliphatic rings. The van der Waals surface area contributed by atoms with E-state index in [1.54, 1.807) is 0 Å². The van der Waals surface area contributed by atoms with Crippen molar-refractivity contribution in [2.75, 3.05) is 0 Å². The molecular formula is C18H22O3. The molecule has 0 aromatic heterocycles. The van der Waals surface area contributed by atoms with Crippen molar-refractivity contribution in [2.24, 2.45) is 5.41 Å². The predicted molar refractivity (Wildman–Crippen MR) is 81.9 cm³/mol. The first-order chi connectivity index (χ1) is 10.1. The van der Waals surface area contributed by atoms with Crippen molar-refractivity contribution >= 4 is 6.16 Å². The number of terminal acetylenes is 1. The van der Waals surface area contributed by atoms with E-state index in [0.717, 1.165) is 18.4 Å². The van der Waals surface area contributed by atoms with Crippen LogP contribution in [0.2, 0.25) is 0 Å². The number of ether oxygens (including phenoxy) is 1. The molecule has 0 aliphatic heterocycles. The Morgan fingerprint density at radius 2 is 1.81 bits per heavy atom.